The summed E-state index contributed by atoms with van der Waals surface area (Å²) in [5.41, 5.74) is 1.50. The third-order valence-corrected chi connectivity index (χ3v) is 3.42. The van der Waals surface area contributed by atoms with E-state index in [0.29, 0.717) is 17.8 Å². The molecular formula is C16H16FN3O3. The maximum Gasteiger partial charge on any atom is 0.321 e. The molecule has 0 radical (unpaired) electrons. The molecule has 0 heterocycles. The highest BCUT2D eigenvalue weighted by Crippen LogP contribution is 2.25. The van der Waals surface area contributed by atoms with Gasteiger partial charge in [0, 0.05) is 19.7 Å². The monoisotopic (exact) mass is 317 g/mol. The van der Waals surface area contributed by atoms with Crippen LogP contribution in [-0.4, -0.2) is 22.9 Å². The number of nitro groups is 1. The molecule has 1 N–H and O–H groups in total. The number of amides is 2. The van der Waals surface area contributed by atoms with Crippen LogP contribution in [0, 0.1) is 22.9 Å². The third kappa shape index (κ3) is 4.03. The molecule has 0 unspecified atom stereocenters. The predicted octanol–water partition coefficient (Wildman–Crippen LogP) is 3.71. The van der Waals surface area contributed by atoms with Crippen LogP contribution in [0.1, 0.15) is 11.1 Å². The first-order valence-corrected chi connectivity index (χ1v) is 6.89. The lowest BCUT2D eigenvalue weighted by atomic mass is 10.1. The number of anilines is 1. The summed E-state index contributed by atoms with van der Waals surface area (Å²) in [5, 5.41) is 13.6. The van der Waals surface area contributed by atoms with Crippen molar-refractivity contribution >= 4 is 17.4 Å². The molecule has 0 saturated carbocycles. The molecule has 0 spiro atoms. The number of carbonyl (C=O) groups is 1. The van der Waals surface area contributed by atoms with E-state index in [1.807, 2.05) is 0 Å². The molecule has 0 atom stereocenters. The highest BCUT2D eigenvalue weighted by atomic mass is 19.1. The molecule has 120 valence electrons. The summed E-state index contributed by atoms with van der Waals surface area (Å²) in [6.45, 7) is 1.87. The fraction of sp³-hybridized carbons (Fsp3) is 0.188. The van der Waals surface area contributed by atoms with Gasteiger partial charge in [-0.2, -0.15) is 0 Å². The van der Waals surface area contributed by atoms with Crippen molar-refractivity contribution in [2.24, 2.45) is 0 Å². The van der Waals surface area contributed by atoms with Gasteiger partial charge in [0.1, 0.15) is 5.82 Å². The zero-order chi connectivity index (χ0) is 17.0. The molecule has 0 aliphatic carbocycles. The summed E-state index contributed by atoms with van der Waals surface area (Å²) >= 11 is 0. The number of hydrogen-bond acceptors (Lipinski definition) is 3. The van der Waals surface area contributed by atoms with Gasteiger partial charge in [-0.1, -0.05) is 18.2 Å². The molecule has 0 aliphatic heterocycles. The number of urea groups is 1. The summed E-state index contributed by atoms with van der Waals surface area (Å²) in [6.07, 6.45) is 0. The first kappa shape index (κ1) is 16.4. The number of nitro benzene ring substituents is 1. The summed E-state index contributed by atoms with van der Waals surface area (Å²) in [6, 6.07) is 9.94. The molecular weight excluding hydrogens is 301 g/mol. The maximum atomic E-state index is 12.9. The standard InChI is InChI=1S/C16H16FN3O3/c1-11-14(4-3-5-15(11)20(22)23)18-16(21)19(2)10-12-6-8-13(17)9-7-12/h3-9H,10H2,1-2H3,(H,18,21). The van der Waals surface area contributed by atoms with E-state index in [1.54, 1.807) is 32.2 Å². The van der Waals surface area contributed by atoms with Gasteiger partial charge < -0.3 is 10.2 Å². The van der Waals surface area contributed by atoms with Crippen molar-refractivity contribution in [3.05, 3.63) is 69.5 Å². The minimum Gasteiger partial charge on any atom is -0.323 e. The number of hydrogen-bond donors (Lipinski definition) is 1. The van der Waals surface area contributed by atoms with Crippen LogP contribution in [0.3, 0.4) is 0 Å². The molecule has 7 heteroatoms. The molecule has 0 saturated heterocycles. The zero-order valence-corrected chi connectivity index (χ0v) is 12.7. The normalized spacial score (nSPS) is 10.2. The number of nitrogens with zero attached hydrogens (tertiary/aromatic N) is 2. The van der Waals surface area contributed by atoms with Crippen LogP contribution in [0.5, 0.6) is 0 Å². The molecule has 0 aliphatic rings. The minimum atomic E-state index is -0.493. The maximum absolute atomic E-state index is 12.9. The van der Waals surface area contributed by atoms with Gasteiger partial charge in [-0.25, -0.2) is 9.18 Å². The van der Waals surface area contributed by atoms with Gasteiger partial charge in [-0.3, -0.25) is 10.1 Å². The third-order valence-electron chi connectivity index (χ3n) is 3.42. The number of benzene rings is 2. The molecule has 23 heavy (non-hydrogen) atoms. The Hall–Kier alpha value is -2.96. The predicted molar refractivity (Wildman–Crippen MR) is 84.7 cm³/mol. The van der Waals surface area contributed by atoms with Gasteiger partial charge in [0.25, 0.3) is 5.69 Å². The van der Waals surface area contributed by atoms with Crippen LogP contribution in [-0.2, 0) is 6.54 Å². The Morgan fingerprint density at radius 3 is 2.52 bits per heavy atom. The highest BCUT2D eigenvalue weighted by Gasteiger charge is 2.16. The second kappa shape index (κ2) is 6.87. The Morgan fingerprint density at radius 2 is 1.91 bits per heavy atom. The second-order valence-electron chi connectivity index (χ2n) is 5.12. The van der Waals surface area contributed by atoms with Crippen molar-refractivity contribution < 1.29 is 14.1 Å². The van der Waals surface area contributed by atoms with E-state index in [0.717, 1.165) is 5.56 Å². The highest BCUT2D eigenvalue weighted by molar-refractivity contribution is 5.90. The van der Waals surface area contributed by atoms with Gasteiger partial charge in [0.15, 0.2) is 0 Å². The van der Waals surface area contributed by atoms with Crippen LogP contribution in [0.4, 0.5) is 20.6 Å². The van der Waals surface area contributed by atoms with E-state index in [4.69, 9.17) is 0 Å². The Kier molecular flexibility index (Phi) is 4.90. The average molecular weight is 317 g/mol. The van der Waals surface area contributed by atoms with Crippen molar-refractivity contribution in [3.63, 3.8) is 0 Å². The minimum absolute atomic E-state index is 0.0519. The lowest BCUT2D eigenvalue weighted by molar-refractivity contribution is -0.385. The van der Waals surface area contributed by atoms with Crippen molar-refractivity contribution in [2.75, 3.05) is 12.4 Å². The second-order valence-corrected chi connectivity index (χ2v) is 5.12. The molecule has 2 aromatic carbocycles. The van der Waals surface area contributed by atoms with E-state index in [2.05, 4.69) is 5.32 Å². The van der Waals surface area contributed by atoms with Crippen LogP contribution < -0.4 is 5.32 Å². The Morgan fingerprint density at radius 1 is 1.26 bits per heavy atom. The zero-order valence-electron chi connectivity index (χ0n) is 12.7. The topological polar surface area (TPSA) is 75.5 Å². The van der Waals surface area contributed by atoms with E-state index < -0.39 is 11.0 Å². The van der Waals surface area contributed by atoms with Crippen LogP contribution in [0.2, 0.25) is 0 Å². The lowest BCUT2D eigenvalue weighted by Gasteiger charge is -2.19. The molecule has 6 nitrogen and oxygen atoms in total. The fourth-order valence-electron chi connectivity index (χ4n) is 2.10. The Bertz CT molecular complexity index is 732. The molecule has 2 rings (SSSR count). The van der Waals surface area contributed by atoms with Crippen molar-refractivity contribution in [1.29, 1.82) is 0 Å². The summed E-state index contributed by atoms with van der Waals surface area (Å²) in [5.74, 6) is -0.340. The number of halogens is 1. The van der Waals surface area contributed by atoms with Gasteiger partial charge >= 0.3 is 6.03 Å². The molecule has 0 bridgehead atoms. The number of rotatable bonds is 4. The van der Waals surface area contributed by atoms with Gasteiger partial charge in [-0.05, 0) is 30.7 Å². The molecule has 0 fully saturated rings. The van der Waals surface area contributed by atoms with E-state index in [9.17, 15) is 19.3 Å². The quantitative estimate of drug-likeness (QED) is 0.690. The first-order chi connectivity index (χ1) is 10.9. The lowest BCUT2D eigenvalue weighted by Crippen LogP contribution is -2.31. The first-order valence-electron chi connectivity index (χ1n) is 6.89. The van der Waals surface area contributed by atoms with Crippen LogP contribution >= 0.6 is 0 Å². The van der Waals surface area contributed by atoms with E-state index in [-0.39, 0.29) is 11.5 Å². The molecule has 0 aromatic heterocycles. The summed E-state index contributed by atoms with van der Waals surface area (Å²) in [4.78, 5) is 24.0. The van der Waals surface area contributed by atoms with Gasteiger partial charge in [0.05, 0.1) is 16.2 Å². The smallest absolute Gasteiger partial charge is 0.321 e. The fourth-order valence-corrected chi connectivity index (χ4v) is 2.10. The SMILES string of the molecule is Cc1c(NC(=O)N(C)Cc2ccc(F)cc2)cccc1[N+](=O)[O-]. The van der Waals surface area contributed by atoms with Crippen LogP contribution in [0.15, 0.2) is 42.5 Å². The Balaban J connectivity index is 2.08. The molecule has 2 aromatic rings. The van der Waals surface area contributed by atoms with Gasteiger partial charge in [-0.15, -0.1) is 0 Å². The number of nitrogens with one attached hydrogen (secondary N) is 1. The largest absolute Gasteiger partial charge is 0.323 e. The van der Waals surface area contributed by atoms with Crippen molar-refractivity contribution in [3.8, 4) is 0 Å². The number of carbonyl (C=O) groups excluding carboxylic acids is 1. The Labute approximate surface area is 132 Å². The summed E-state index contributed by atoms with van der Waals surface area (Å²) in [7, 11) is 1.59. The van der Waals surface area contributed by atoms with E-state index in [1.165, 1.54) is 29.2 Å². The van der Waals surface area contributed by atoms with Gasteiger partial charge in [0.2, 0.25) is 0 Å². The molecule has 2 amide bonds. The van der Waals surface area contributed by atoms with Crippen LogP contribution in [0.25, 0.3) is 0 Å². The van der Waals surface area contributed by atoms with Crippen molar-refractivity contribution in [2.45, 2.75) is 13.5 Å². The average Bonchev–Trinajstić information content (AvgIpc) is 2.51. The van der Waals surface area contributed by atoms with Crippen molar-refractivity contribution in [1.82, 2.24) is 4.90 Å². The summed E-state index contributed by atoms with van der Waals surface area (Å²) < 4.78 is 12.9. The van der Waals surface area contributed by atoms with E-state index >= 15 is 0 Å².